The summed E-state index contributed by atoms with van der Waals surface area (Å²) in [5.41, 5.74) is -0.711. The lowest BCUT2D eigenvalue weighted by Crippen LogP contribution is -2.57. The number of rotatable bonds is 6. The van der Waals surface area contributed by atoms with Crippen molar-refractivity contribution in [2.75, 3.05) is 6.54 Å². The molecule has 4 aliphatic rings. The molecule has 0 spiro atoms. The number of alkyl carbamates (subject to hydrolysis) is 1. The molecule has 3 fully saturated rings. The summed E-state index contributed by atoms with van der Waals surface area (Å²) in [5, 5.41) is 12.6. The van der Waals surface area contributed by atoms with Crippen LogP contribution in [0.25, 0.3) is 0 Å². The summed E-state index contributed by atoms with van der Waals surface area (Å²) >= 11 is 0. The third kappa shape index (κ3) is 4.06. The highest BCUT2D eigenvalue weighted by Gasteiger charge is 2.58. The molecule has 0 aromatic rings. The second kappa shape index (κ2) is 7.55. The van der Waals surface area contributed by atoms with Gasteiger partial charge >= 0.3 is 12.1 Å². The number of ether oxygens (including phenoxy) is 2. The minimum absolute atomic E-state index is 0.0664. The number of nitrogens with zero attached hydrogens (tertiary/aromatic N) is 1. The molecular formula is C22H32N2O6. The molecule has 2 bridgehead atoms. The molecule has 7 atom stereocenters. The van der Waals surface area contributed by atoms with Gasteiger partial charge in [0, 0.05) is 12.5 Å². The molecule has 2 amide bonds. The SMILES string of the molecule is C[C@@H](OC1CC1)[C@H](NC(=O)OC(C)(C)C)C(=O)N1C[C@H]2[C@@H]([C@H]1C(=O)O)[C@H]1C=C[C@@H]2C1. The van der Waals surface area contributed by atoms with Crippen LogP contribution in [0.3, 0.4) is 0 Å². The predicted molar refractivity (Wildman–Crippen MR) is 108 cm³/mol. The molecule has 0 radical (unpaired) electrons. The molecule has 0 aromatic carbocycles. The maximum absolute atomic E-state index is 13.6. The number of carboxylic acid groups (broad SMARTS) is 1. The van der Waals surface area contributed by atoms with Crippen LogP contribution in [-0.2, 0) is 19.1 Å². The van der Waals surface area contributed by atoms with Gasteiger partial charge in [0.1, 0.15) is 17.7 Å². The number of amides is 2. The van der Waals surface area contributed by atoms with Crippen LogP contribution in [0, 0.1) is 23.7 Å². The van der Waals surface area contributed by atoms with Crippen LogP contribution in [0.15, 0.2) is 12.2 Å². The fourth-order valence-corrected chi connectivity index (χ4v) is 5.34. The van der Waals surface area contributed by atoms with Crippen molar-refractivity contribution in [1.82, 2.24) is 10.2 Å². The van der Waals surface area contributed by atoms with Gasteiger partial charge in [-0.25, -0.2) is 9.59 Å². The number of carbonyl (C=O) groups excluding carboxylic acids is 2. The van der Waals surface area contributed by atoms with Gasteiger partial charge in [0.15, 0.2) is 0 Å². The van der Waals surface area contributed by atoms with Crippen molar-refractivity contribution in [3.05, 3.63) is 12.2 Å². The lowest BCUT2D eigenvalue weighted by Gasteiger charge is -2.33. The predicted octanol–water partition coefficient (Wildman–Crippen LogP) is 2.18. The summed E-state index contributed by atoms with van der Waals surface area (Å²) in [4.78, 5) is 39.6. The van der Waals surface area contributed by atoms with Crippen molar-refractivity contribution in [2.24, 2.45) is 23.7 Å². The minimum atomic E-state index is -0.994. The highest BCUT2D eigenvalue weighted by molar-refractivity contribution is 5.90. The Morgan fingerprint density at radius 3 is 2.43 bits per heavy atom. The number of hydrogen-bond donors (Lipinski definition) is 2. The molecule has 3 aliphatic carbocycles. The highest BCUT2D eigenvalue weighted by Crippen LogP contribution is 2.54. The maximum atomic E-state index is 13.6. The molecule has 8 nitrogen and oxygen atoms in total. The average molecular weight is 421 g/mol. The van der Waals surface area contributed by atoms with Crippen LogP contribution in [0.2, 0.25) is 0 Å². The van der Waals surface area contributed by atoms with Crippen molar-refractivity contribution in [1.29, 1.82) is 0 Å². The zero-order valence-corrected chi connectivity index (χ0v) is 18.0. The van der Waals surface area contributed by atoms with E-state index in [9.17, 15) is 19.5 Å². The summed E-state index contributed by atoms with van der Waals surface area (Å²) in [7, 11) is 0. The first kappa shape index (κ1) is 21.2. The molecule has 1 aliphatic heterocycles. The Bertz CT molecular complexity index is 755. The molecule has 1 saturated heterocycles. The van der Waals surface area contributed by atoms with Crippen molar-refractivity contribution in [3.8, 4) is 0 Å². The summed E-state index contributed by atoms with van der Waals surface area (Å²) in [6.07, 6.45) is 5.89. The van der Waals surface area contributed by atoms with Gasteiger partial charge in [-0.05, 0) is 64.7 Å². The van der Waals surface area contributed by atoms with E-state index in [1.54, 1.807) is 27.7 Å². The van der Waals surface area contributed by atoms with Gasteiger partial charge in [-0.1, -0.05) is 12.2 Å². The van der Waals surface area contributed by atoms with Crippen LogP contribution in [0.4, 0.5) is 4.79 Å². The van der Waals surface area contributed by atoms with Gasteiger partial charge in [0.2, 0.25) is 5.91 Å². The second-order valence-electron chi connectivity index (χ2n) is 10.1. The number of allylic oxidation sites excluding steroid dienone is 2. The number of fused-ring (bicyclic) bond motifs is 5. The Kier molecular flexibility index (Phi) is 5.33. The molecule has 0 aromatic heterocycles. The summed E-state index contributed by atoms with van der Waals surface area (Å²) in [6.45, 7) is 7.39. The number of carboxylic acids is 1. The first-order valence-corrected chi connectivity index (χ1v) is 10.9. The fourth-order valence-electron chi connectivity index (χ4n) is 5.34. The monoisotopic (exact) mass is 420 g/mol. The second-order valence-corrected chi connectivity index (χ2v) is 10.1. The smallest absolute Gasteiger partial charge is 0.408 e. The van der Waals surface area contributed by atoms with Crippen LogP contribution >= 0.6 is 0 Å². The number of carbonyl (C=O) groups is 3. The molecular weight excluding hydrogens is 388 g/mol. The van der Waals surface area contributed by atoms with E-state index in [1.165, 1.54) is 4.90 Å². The van der Waals surface area contributed by atoms with E-state index < -0.39 is 41.8 Å². The Hall–Kier alpha value is -2.09. The van der Waals surface area contributed by atoms with E-state index in [-0.39, 0.29) is 23.9 Å². The van der Waals surface area contributed by atoms with Gasteiger partial charge in [-0.2, -0.15) is 0 Å². The Labute approximate surface area is 177 Å². The molecule has 0 unspecified atom stereocenters. The molecule has 2 N–H and O–H groups in total. The van der Waals surface area contributed by atoms with E-state index >= 15 is 0 Å². The number of likely N-dealkylation sites (tertiary alicyclic amines) is 1. The molecule has 8 heteroatoms. The third-order valence-corrected chi connectivity index (χ3v) is 6.67. The van der Waals surface area contributed by atoms with Crippen LogP contribution in [-0.4, -0.2) is 64.4 Å². The lowest BCUT2D eigenvalue weighted by atomic mass is 9.82. The fraction of sp³-hybridized carbons (Fsp3) is 0.773. The van der Waals surface area contributed by atoms with Gasteiger partial charge < -0.3 is 24.8 Å². The van der Waals surface area contributed by atoms with E-state index in [0.717, 1.165) is 19.3 Å². The first-order chi connectivity index (χ1) is 14.0. The summed E-state index contributed by atoms with van der Waals surface area (Å²) in [6, 6.07) is -1.87. The Morgan fingerprint density at radius 2 is 1.83 bits per heavy atom. The molecule has 1 heterocycles. The molecule has 4 rings (SSSR count). The van der Waals surface area contributed by atoms with Crippen molar-refractivity contribution in [3.63, 3.8) is 0 Å². The van der Waals surface area contributed by atoms with Gasteiger partial charge in [0.05, 0.1) is 12.2 Å². The zero-order valence-electron chi connectivity index (χ0n) is 18.0. The van der Waals surface area contributed by atoms with Crippen molar-refractivity contribution in [2.45, 2.75) is 76.9 Å². The van der Waals surface area contributed by atoms with E-state index in [2.05, 4.69) is 17.5 Å². The lowest BCUT2D eigenvalue weighted by molar-refractivity contribution is -0.152. The number of hydrogen-bond acceptors (Lipinski definition) is 5. The highest BCUT2D eigenvalue weighted by atomic mass is 16.6. The zero-order chi connectivity index (χ0) is 21.8. The standard InChI is InChI=1S/C22H32N2O6/c1-11(29-14-7-8-14)17(23-21(28)30-22(2,3)4)19(25)24-10-15-12-5-6-13(9-12)16(15)18(24)20(26)27/h5-6,11-18H,7-10H2,1-4H3,(H,23,28)(H,26,27)/t11-,12-,13+,15-,16+,17+,18+/m1/s1. The summed E-state index contributed by atoms with van der Waals surface area (Å²) < 4.78 is 11.2. The number of aliphatic carboxylic acids is 1. The van der Waals surface area contributed by atoms with Gasteiger partial charge in [-0.3, -0.25) is 4.79 Å². The van der Waals surface area contributed by atoms with Crippen molar-refractivity contribution >= 4 is 18.0 Å². The average Bonchev–Trinajstić information content (AvgIpc) is 3.06. The van der Waals surface area contributed by atoms with E-state index in [4.69, 9.17) is 9.47 Å². The van der Waals surface area contributed by atoms with E-state index in [1.807, 2.05) is 0 Å². The molecule has 166 valence electrons. The van der Waals surface area contributed by atoms with Gasteiger partial charge in [-0.15, -0.1) is 0 Å². The minimum Gasteiger partial charge on any atom is -0.480 e. The maximum Gasteiger partial charge on any atom is 0.408 e. The van der Waals surface area contributed by atoms with Crippen molar-refractivity contribution < 1.29 is 29.0 Å². The Balaban J connectivity index is 1.54. The Morgan fingerprint density at radius 1 is 1.17 bits per heavy atom. The third-order valence-electron chi connectivity index (χ3n) is 6.67. The topological polar surface area (TPSA) is 105 Å². The largest absolute Gasteiger partial charge is 0.480 e. The van der Waals surface area contributed by atoms with Crippen LogP contribution < -0.4 is 5.32 Å². The van der Waals surface area contributed by atoms with Crippen LogP contribution in [0.5, 0.6) is 0 Å². The summed E-state index contributed by atoms with van der Waals surface area (Å²) in [5.74, 6) is -0.762. The molecule has 30 heavy (non-hydrogen) atoms. The van der Waals surface area contributed by atoms with Crippen LogP contribution in [0.1, 0.15) is 47.0 Å². The van der Waals surface area contributed by atoms with Gasteiger partial charge in [0.25, 0.3) is 0 Å². The quantitative estimate of drug-likeness (QED) is 0.638. The van der Waals surface area contributed by atoms with E-state index in [0.29, 0.717) is 12.5 Å². The first-order valence-electron chi connectivity index (χ1n) is 10.9. The number of nitrogens with one attached hydrogen (secondary N) is 1. The molecule has 2 saturated carbocycles. The normalized spacial score (nSPS) is 33.9.